The van der Waals surface area contributed by atoms with Crippen LogP contribution in [0.5, 0.6) is 0 Å². The number of amides is 2. The van der Waals surface area contributed by atoms with E-state index in [1.54, 1.807) is 0 Å². The van der Waals surface area contributed by atoms with E-state index in [2.05, 4.69) is 38.3 Å². The molecule has 0 aromatic heterocycles. The second-order valence-electron chi connectivity index (χ2n) is 7.84. The Labute approximate surface area is 168 Å². The number of benzene rings is 2. The SMILES string of the molecule is CC(C)c1cccc(C(C)C)c1NC(=O)CC(=O)Nc1ccc(N(C)C)cc1. The Kier molecular flexibility index (Phi) is 7.21. The van der Waals surface area contributed by atoms with Crippen LogP contribution >= 0.6 is 0 Å². The quantitative estimate of drug-likeness (QED) is 0.666. The van der Waals surface area contributed by atoms with Gasteiger partial charge in [0.25, 0.3) is 0 Å². The number of hydrogen-bond donors (Lipinski definition) is 2. The Bertz CT molecular complexity index is 798. The Morgan fingerprint density at radius 2 is 1.32 bits per heavy atom. The zero-order valence-electron chi connectivity index (χ0n) is 17.7. The highest BCUT2D eigenvalue weighted by atomic mass is 16.2. The molecule has 5 heteroatoms. The largest absolute Gasteiger partial charge is 0.378 e. The smallest absolute Gasteiger partial charge is 0.233 e. The van der Waals surface area contributed by atoms with Crippen LogP contribution in [0, 0.1) is 0 Å². The number of hydrogen-bond acceptors (Lipinski definition) is 3. The summed E-state index contributed by atoms with van der Waals surface area (Å²) in [5.74, 6) is -0.0864. The van der Waals surface area contributed by atoms with E-state index >= 15 is 0 Å². The normalized spacial score (nSPS) is 10.9. The van der Waals surface area contributed by atoms with E-state index in [-0.39, 0.29) is 30.1 Å². The molecule has 2 aromatic rings. The third-order valence-electron chi connectivity index (χ3n) is 4.63. The van der Waals surface area contributed by atoms with E-state index in [1.165, 1.54) is 0 Å². The lowest BCUT2D eigenvalue weighted by Crippen LogP contribution is -2.23. The van der Waals surface area contributed by atoms with E-state index in [0.29, 0.717) is 5.69 Å². The van der Waals surface area contributed by atoms with Crippen LogP contribution in [-0.4, -0.2) is 25.9 Å². The van der Waals surface area contributed by atoms with Gasteiger partial charge in [0.1, 0.15) is 6.42 Å². The van der Waals surface area contributed by atoms with E-state index in [0.717, 1.165) is 22.5 Å². The van der Waals surface area contributed by atoms with Gasteiger partial charge in [0, 0.05) is 31.2 Å². The average molecular weight is 382 g/mol. The highest BCUT2D eigenvalue weighted by molar-refractivity contribution is 6.08. The molecule has 0 saturated heterocycles. The summed E-state index contributed by atoms with van der Waals surface area (Å²) in [6.45, 7) is 8.39. The fraction of sp³-hybridized carbons (Fsp3) is 0.391. The Balaban J connectivity index is 2.06. The van der Waals surface area contributed by atoms with Gasteiger partial charge in [-0.25, -0.2) is 0 Å². The van der Waals surface area contributed by atoms with Crippen LogP contribution in [0.3, 0.4) is 0 Å². The maximum Gasteiger partial charge on any atom is 0.233 e. The summed E-state index contributed by atoms with van der Waals surface area (Å²) < 4.78 is 0. The molecule has 2 rings (SSSR count). The number of rotatable bonds is 7. The van der Waals surface area contributed by atoms with Crippen molar-refractivity contribution >= 4 is 28.9 Å². The standard InChI is InChI=1S/C23H31N3O2/c1-15(2)19-8-7-9-20(16(3)4)23(19)25-22(28)14-21(27)24-17-10-12-18(13-11-17)26(5)6/h7-13,15-16H,14H2,1-6H3,(H,24,27)(H,25,28). The van der Waals surface area contributed by atoms with E-state index in [4.69, 9.17) is 0 Å². The number of carbonyl (C=O) groups is 2. The Hall–Kier alpha value is -2.82. The summed E-state index contributed by atoms with van der Waals surface area (Å²) in [7, 11) is 3.91. The molecule has 2 aromatic carbocycles. The zero-order chi connectivity index (χ0) is 20.8. The summed E-state index contributed by atoms with van der Waals surface area (Å²) in [6, 6.07) is 13.6. The van der Waals surface area contributed by atoms with Crippen LogP contribution in [-0.2, 0) is 9.59 Å². The molecule has 28 heavy (non-hydrogen) atoms. The van der Waals surface area contributed by atoms with Crippen molar-refractivity contribution in [3.05, 3.63) is 53.6 Å². The lowest BCUT2D eigenvalue weighted by Gasteiger charge is -2.20. The lowest BCUT2D eigenvalue weighted by molar-refractivity contribution is -0.123. The van der Waals surface area contributed by atoms with Crippen molar-refractivity contribution < 1.29 is 9.59 Å². The summed E-state index contributed by atoms with van der Waals surface area (Å²) in [6.07, 6.45) is -0.223. The molecule has 0 aliphatic carbocycles. The van der Waals surface area contributed by atoms with Gasteiger partial charge in [-0.1, -0.05) is 45.9 Å². The van der Waals surface area contributed by atoms with Crippen molar-refractivity contribution in [3.63, 3.8) is 0 Å². The molecule has 150 valence electrons. The first kappa shape index (κ1) is 21.5. The molecule has 2 N–H and O–H groups in total. The molecule has 0 heterocycles. The molecular weight excluding hydrogens is 350 g/mol. The highest BCUT2D eigenvalue weighted by Gasteiger charge is 2.17. The molecular formula is C23H31N3O2. The van der Waals surface area contributed by atoms with Gasteiger partial charge in [-0.05, 0) is 47.2 Å². The first-order valence-corrected chi connectivity index (χ1v) is 9.69. The minimum absolute atomic E-state index is 0.223. The maximum atomic E-state index is 12.5. The zero-order valence-corrected chi connectivity index (χ0v) is 17.7. The predicted octanol–water partition coefficient (Wildman–Crippen LogP) is 4.97. The maximum absolute atomic E-state index is 12.5. The van der Waals surface area contributed by atoms with Gasteiger partial charge in [0.05, 0.1) is 0 Å². The first-order valence-electron chi connectivity index (χ1n) is 9.69. The number of carbonyl (C=O) groups excluding carboxylic acids is 2. The van der Waals surface area contributed by atoms with Crippen molar-refractivity contribution in [1.82, 2.24) is 0 Å². The molecule has 0 atom stereocenters. The second kappa shape index (κ2) is 9.40. The highest BCUT2D eigenvalue weighted by Crippen LogP contribution is 2.32. The molecule has 5 nitrogen and oxygen atoms in total. The van der Waals surface area contributed by atoms with Crippen molar-refractivity contribution in [1.29, 1.82) is 0 Å². The minimum Gasteiger partial charge on any atom is -0.378 e. The topological polar surface area (TPSA) is 61.4 Å². The van der Waals surface area contributed by atoms with Gasteiger partial charge in [-0.2, -0.15) is 0 Å². The van der Waals surface area contributed by atoms with Gasteiger partial charge >= 0.3 is 0 Å². The van der Waals surface area contributed by atoms with E-state index in [1.807, 2.05) is 61.5 Å². The van der Waals surface area contributed by atoms with Crippen molar-refractivity contribution in [3.8, 4) is 0 Å². The second-order valence-corrected chi connectivity index (χ2v) is 7.84. The fourth-order valence-electron chi connectivity index (χ4n) is 3.07. The summed E-state index contributed by atoms with van der Waals surface area (Å²) >= 11 is 0. The van der Waals surface area contributed by atoms with Gasteiger partial charge in [-0.3, -0.25) is 9.59 Å². The van der Waals surface area contributed by atoms with Crippen LogP contribution < -0.4 is 15.5 Å². The van der Waals surface area contributed by atoms with Gasteiger partial charge in [0.15, 0.2) is 0 Å². The molecule has 0 unspecified atom stereocenters. The van der Waals surface area contributed by atoms with Gasteiger partial charge in [-0.15, -0.1) is 0 Å². The third-order valence-corrected chi connectivity index (χ3v) is 4.63. The minimum atomic E-state index is -0.330. The van der Waals surface area contributed by atoms with Crippen LogP contribution in [0.4, 0.5) is 17.1 Å². The third kappa shape index (κ3) is 5.59. The molecule has 2 amide bonds. The lowest BCUT2D eigenvalue weighted by atomic mass is 9.92. The average Bonchev–Trinajstić information content (AvgIpc) is 2.61. The van der Waals surface area contributed by atoms with Crippen LogP contribution in [0.25, 0.3) is 0 Å². The molecule has 0 saturated carbocycles. The summed E-state index contributed by atoms with van der Waals surface area (Å²) in [4.78, 5) is 26.8. The molecule has 0 aliphatic heterocycles. The van der Waals surface area contributed by atoms with Crippen LogP contribution in [0.15, 0.2) is 42.5 Å². The van der Waals surface area contributed by atoms with Crippen LogP contribution in [0.2, 0.25) is 0 Å². The summed E-state index contributed by atoms with van der Waals surface area (Å²) in [5.41, 5.74) is 4.72. The number of nitrogens with zero attached hydrogens (tertiary/aromatic N) is 1. The molecule has 0 spiro atoms. The van der Waals surface area contributed by atoms with Gasteiger partial charge in [0.2, 0.25) is 11.8 Å². The monoisotopic (exact) mass is 381 g/mol. The number of nitrogens with one attached hydrogen (secondary N) is 2. The fourth-order valence-corrected chi connectivity index (χ4v) is 3.07. The molecule has 0 radical (unpaired) electrons. The summed E-state index contributed by atoms with van der Waals surface area (Å²) in [5, 5.41) is 5.76. The van der Waals surface area contributed by atoms with Crippen LogP contribution in [0.1, 0.15) is 57.1 Å². The van der Waals surface area contributed by atoms with Gasteiger partial charge < -0.3 is 15.5 Å². The molecule has 0 aliphatic rings. The predicted molar refractivity (Wildman–Crippen MR) is 117 cm³/mol. The van der Waals surface area contributed by atoms with E-state index < -0.39 is 0 Å². The molecule has 0 bridgehead atoms. The Morgan fingerprint density at radius 3 is 1.79 bits per heavy atom. The molecule has 0 fully saturated rings. The van der Waals surface area contributed by atoms with Crippen molar-refractivity contribution in [2.75, 3.05) is 29.6 Å². The number of anilines is 3. The van der Waals surface area contributed by atoms with Crippen molar-refractivity contribution in [2.24, 2.45) is 0 Å². The Morgan fingerprint density at radius 1 is 0.821 bits per heavy atom. The van der Waals surface area contributed by atoms with Crippen molar-refractivity contribution in [2.45, 2.75) is 46.0 Å². The van der Waals surface area contributed by atoms with E-state index in [9.17, 15) is 9.59 Å². The number of para-hydroxylation sites is 1. The first-order chi connectivity index (χ1) is 13.2.